The number of halogens is 1. The fraction of sp³-hybridized carbons (Fsp3) is 0.667. The van der Waals surface area contributed by atoms with Gasteiger partial charge < -0.3 is 15.8 Å². The van der Waals surface area contributed by atoms with Crippen LogP contribution < -0.4 is 15.8 Å². The lowest BCUT2D eigenvalue weighted by molar-refractivity contribution is -0.122. The molecule has 3 fully saturated rings. The third kappa shape index (κ3) is 3.77. The molecule has 0 aromatic heterocycles. The zero-order chi connectivity index (χ0) is 19.0. The van der Waals surface area contributed by atoms with Crippen LogP contribution in [-0.4, -0.2) is 36.0 Å². The third-order valence-electron chi connectivity index (χ3n) is 6.73. The van der Waals surface area contributed by atoms with Crippen LogP contribution in [0.5, 0.6) is 5.75 Å². The van der Waals surface area contributed by atoms with Crippen molar-refractivity contribution in [2.75, 3.05) is 18.2 Å². The second-order valence-electron chi connectivity index (χ2n) is 8.36. The molecular weight excluding hydrogens is 362 g/mol. The second-order valence-corrected chi connectivity index (χ2v) is 8.76. The highest BCUT2D eigenvalue weighted by molar-refractivity contribution is 6.33. The van der Waals surface area contributed by atoms with E-state index in [4.69, 9.17) is 22.1 Å². The Morgan fingerprint density at radius 3 is 2.41 bits per heavy atom. The number of carbonyl (C=O) groups is 1. The summed E-state index contributed by atoms with van der Waals surface area (Å²) in [5.74, 6) is 0.686. The van der Waals surface area contributed by atoms with Gasteiger partial charge in [0.1, 0.15) is 5.75 Å². The molecule has 1 aromatic carbocycles. The van der Waals surface area contributed by atoms with E-state index in [1.54, 1.807) is 19.2 Å². The normalized spacial score (nSPS) is 28.9. The van der Waals surface area contributed by atoms with Crippen LogP contribution in [0.15, 0.2) is 12.1 Å². The number of methoxy groups -OCH3 is 1. The van der Waals surface area contributed by atoms with Crippen LogP contribution >= 0.6 is 11.6 Å². The number of carbonyl (C=O) groups excluding carboxylic acids is 1. The molecule has 148 valence electrons. The molecule has 1 saturated carbocycles. The van der Waals surface area contributed by atoms with Crippen molar-refractivity contribution >= 4 is 28.9 Å². The van der Waals surface area contributed by atoms with Crippen LogP contribution in [0.25, 0.3) is 0 Å². The van der Waals surface area contributed by atoms with Crippen LogP contribution in [0.2, 0.25) is 5.02 Å². The van der Waals surface area contributed by atoms with Crippen molar-refractivity contribution in [2.45, 2.75) is 75.9 Å². The zero-order valence-electron chi connectivity index (χ0n) is 16.0. The molecule has 0 radical (unpaired) electrons. The average Bonchev–Trinajstić information content (AvgIpc) is 2.94. The number of nitrogens with two attached hydrogens (primary N) is 1. The summed E-state index contributed by atoms with van der Waals surface area (Å²) in [5.41, 5.74) is 6.89. The summed E-state index contributed by atoms with van der Waals surface area (Å²) in [4.78, 5) is 15.8. The molecule has 2 unspecified atom stereocenters. The number of hydrogen-bond acceptors (Lipinski definition) is 4. The fourth-order valence-corrected chi connectivity index (χ4v) is 5.64. The highest BCUT2D eigenvalue weighted by Gasteiger charge is 2.45. The number of nitrogens with one attached hydrogen (secondary N) is 1. The minimum atomic E-state index is 0.0587. The Labute approximate surface area is 166 Å². The minimum absolute atomic E-state index is 0.0587. The number of fused-ring (bicyclic) bond motifs is 2. The number of hydrogen-bond donors (Lipinski definition) is 2. The van der Waals surface area contributed by atoms with Gasteiger partial charge in [-0.2, -0.15) is 0 Å². The molecule has 2 heterocycles. The maximum Gasteiger partial charge on any atom is 0.227 e. The largest absolute Gasteiger partial charge is 0.494 e. The van der Waals surface area contributed by atoms with Crippen LogP contribution in [0.1, 0.15) is 57.8 Å². The number of nitrogens with zero attached hydrogens (tertiary/aromatic N) is 1. The minimum Gasteiger partial charge on any atom is -0.494 e. The van der Waals surface area contributed by atoms with Gasteiger partial charge in [-0.25, -0.2) is 0 Å². The summed E-state index contributed by atoms with van der Waals surface area (Å²) in [5, 5.41) is 3.47. The number of amides is 1. The van der Waals surface area contributed by atoms with Crippen molar-refractivity contribution in [3.8, 4) is 5.75 Å². The van der Waals surface area contributed by atoms with E-state index in [-0.39, 0.29) is 11.8 Å². The van der Waals surface area contributed by atoms with E-state index in [0.29, 0.717) is 34.2 Å². The molecule has 2 saturated heterocycles. The molecular formula is C21H30ClN3O2. The molecule has 3 aliphatic rings. The number of rotatable bonds is 4. The van der Waals surface area contributed by atoms with Gasteiger partial charge >= 0.3 is 0 Å². The Hall–Kier alpha value is -1.46. The van der Waals surface area contributed by atoms with Crippen molar-refractivity contribution in [2.24, 2.45) is 5.92 Å². The van der Waals surface area contributed by atoms with Gasteiger partial charge in [-0.1, -0.05) is 30.9 Å². The quantitative estimate of drug-likeness (QED) is 0.744. The average molecular weight is 392 g/mol. The van der Waals surface area contributed by atoms with Crippen LogP contribution in [0, 0.1) is 5.92 Å². The van der Waals surface area contributed by atoms with Gasteiger partial charge in [0, 0.05) is 30.1 Å². The SMILES string of the molecule is COc1cc(N)c(Cl)cc1NC(=O)C1CC2CCC(C1)N2C1CCCCC1. The van der Waals surface area contributed by atoms with Gasteiger partial charge in [-0.3, -0.25) is 9.69 Å². The lowest BCUT2D eigenvalue weighted by Gasteiger charge is -2.44. The first-order valence-electron chi connectivity index (χ1n) is 10.3. The van der Waals surface area contributed by atoms with Gasteiger partial charge in [-0.15, -0.1) is 0 Å². The number of nitrogen functional groups attached to an aromatic ring is 1. The first-order valence-corrected chi connectivity index (χ1v) is 10.7. The maximum atomic E-state index is 13.0. The van der Waals surface area contributed by atoms with Crippen molar-refractivity contribution in [1.29, 1.82) is 0 Å². The number of anilines is 2. The Morgan fingerprint density at radius 2 is 1.78 bits per heavy atom. The van der Waals surface area contributed by atoms with Gasteiger partial charge in [0.05, 0.1) is 23.5 Å². The van der Waals surface area contributed by atoms with Gasteiger partial charge in [0.2, 0.25) is 5.91 Å². The molecule has 1 aromatic rings. The molecule has 1 aliphatic carbocycles. The van der Waals surface area contributed by atoms with E-state index < -0.39 is 0 Å². The van der Waals surface area contributed by atoms with Crippen LogP contribution in [-0.2, 0) is 4.79 Å². The Kier molecular flexibility index (Phi) is 5.51. The van der Waals surface area contributed by atoms with Crippen molar-refractivity contribution in [3.63, 3.8) is 0 Å². The van der Waals surface area contributed by atoms with E-state index in [1.807, 2.05) is 0 Å². The monoisotopic (exact) mass is 391 g/mol. The lowest BCUT2D eigenvalue weighted by atomic mass is 9.85. The second kappa shape index (κ2) is 7.88. The molecule has 27 heavy (non-hydrogen) atoms. The summed E-state index contributed by atoms with van der Waals surface area (Å²) in [6.45, 7) is 0. The molecule has 2 bridgehead atoms. The Morgan fingerprint density at radius 1 is 1.11 bits per heavy atom. The van der Waals surface area contributed by atoms with Crippen molar-refractivity contribution in [1.82, 2.24) is 4.90 Å². The molecule has 6 heteroatoms. The highest BCUT2D eigenvalue weighted by Crippen LogP contribution is 2.43. The first-order chi connectivity index (χ1) is 13.1. The first kappa shape index (κ1) is 18.9. The predicted octanol–water partition coefficient (Wildman–Crippen LogP) is 4.45. The standard InChI is InChI=1S/C21H30ClN3O2/c1-27-20-12-18(23)17(22)11-19(20)24-21(26)13-9-15-7-8-16(10-13)25(15)14-5-3-2-4-6-14/h11-16H,2-10,23H2,1H3,(H,24,26). The summed E-state index contributed by atoms with van der Waals surface area (Å²) in [6.07, 6.45) is 11.2. The summed E-state index contributed by atoms with van der Waals surface area (Å²) in [6, 6.07) is 5.22. The number of benzene rings is 1. The van der Waals surface area contributed by atoms with E-state index in [2.05, 4.69) is 10.2 Å². The fourth-order valence-electron chi connectivity index (χ4n) is 5.47. The molecule has 2 aliphatic heterocycles. The van der Waals surface area contributed by atoms with Crippen molar-refractivity contribution in [3.05, 3.63) is 17.2 Å². The van der Waals surface area contributed by atoms with E-state index in [9.17, 15) is 4.79 Å². The summed E-state index contributed by atoms with van der Waals surface area (Å²) >= 11 is 6.13. The topological polar surface area (TPSA) is 67.6 Å². The van der Waals surface area contributed by atoms with Crippen LogP contribution in [0.4, 0.5) is 11.4 Å². The van der Waals surface area contributed by atoms with E-state index in [0.717, 1.165) is 18.9 Å². The zero-order valence-corrected chi connectivity index (χ0v) is 16.8. The van der Waals surface area contributed by atoms with Crippen LogP contribution in [0.3, 0.4) is 0 Å². The summed E-state index contributed by atoms with van der Waals surface area (Å²) in [7, 11) is 1.57. The molecule has 3 N–H and O–H groups in total. The van der Waals surface area contributed by atoms with E-state index >= 15 is 0 Å². The van der Waals surface area contributed by atoms with E-state index in [1.165, 1.54) is 44.9 Å². The number of ether oxygens (including phenoxy) is 1. The Balaban J connectivity index is 1.44. The molecule has 2 atom stereocenters. The smallest absolute Gasteiger partial charge is 0.227 e. The number of piperidine rings is 1. The molecule has 0 spiro atoms. The van der Waals surface area contributed by atoms with Crippen molar-refractivity contribution < 1.29 is 9.53 Å². The predicted molar refractivity (Wildman–Crippen MR) is 109 cm³/mol. The Bertz CT molecular complexity index is 691. The molecule has 4 rings (SSSR count). The van der Waals surface area contributed by atoms with Gasteiger partial charge in [0.25, 0.3) is 0 Å². The molecule has 5 nitrogen and oxygen atoms in total. The van der Waals surface area contributed by atoms with Gasteiger partial charge in [0.15, 0.2) is 0 Å². The summed E-state index contributed by atoms with van der Waals surface area (Å²) < 4.78 is 5.36. The molecule has 1 amide bonds. The van der Waals surface area contributed by atoms with Gasteiger partial charge in [-0.05, 0) is 44.6 Å². The lowest BCUT2D eigenvalue weighted by Crippen LogP contribution is -2.51. The maximum absolute atomic E-state index is 13.0. The third-order valence-corrected chi connectivity index (χ3v) is 7.06. The highest BCUT2D eigenvalue weighted by atomic mass is 35.5.